The minimum Gasteiger partial charge on any atom is -0.385 e. The zero-order valence-electron chi connectivity index (χ0n) is 18.8. The van der Waals surface area contributed by atoms with Crippen molar-refractivity contribution in [1.82, 2.24) is 15.5 Å². The molecule has 2 amide bonds. The van der Waals surface area contributed by atoms with Crippen LogP contribution in [0.3, 0.4) is 0 Å². The molecule has 0 saturated carbocycles. The fraction of sp³-hybridized carbons (Fsp3) is 0.696. The highest BCUT2D eigenvalue weighted by Gasteiger charge is 2.32. The molecule has 3 atom stereocenters. The average Bonchev–Trinajstić information content (AvgIpc) is 2.72. The number of rotatable bonds is 11. The van der Waals surface area contributed by atoms with E-state index in [1.165, 1.54) is 6.07 Å². The van der Waals surface area contributed by atoms with Crippen LogP contribution in [0.25, 0.3) is 0 Å². The SMILES string of the molecule is CNCC(CCCOC)NC(=O)N1CCCC(C(OC(C)C)c2cccc(F)c2)C1. The number of carbonyl (C=O) groups is 1. The molecule has 0 radical (unpaired) electrons. The van der Waals surface area contributed by atoms with Crippen molar-refractivity contribution in [2.45, 2.75) is 57.8 Å². The Bertz CT molecular complexity index is 644. The summed E-state index contributed by atoms with van der Waals surface area (Å²) in [5.74, 6) is -0.133. The number of likely N-dealkylation sites (N-methyl/N-ethyl adjacent to an activating group) is 1. The lowest BCUT2D eigenvalue weighted by molar-refractivity contribution is -0.0435. The van der Waals surface area contributed by atoms with E-state index in [0.29, 0.717) is 13.2 Å². The van der Waals surface area contributed by atoms with Crippen LogP contribution in [-0.4, -0.2) is 63.5 Å². The average molecular weight is 424 g/mol. The van der Waals surface area contributed by atoms with Crippen LogP contribution in [0.5, 0.6) is 0 Å². The Kier molecular flexibility index (Phi) is 10.5. The predicted octanol–water partition coefficient (Wildman–Crippen LogP) is 3.73. The summed E-state index contributed by atoms with van der Waals surface area (Å²) in [5.41, 5.74) is 0.837. The molecule has 0 spiro atoms. The molecular formula is C23H38FN3O3. The fourth-order valence-electron chi connectivity index (χ4n) is 4.09. The Labute approximate surface area is 180 Å². The van der Waals surface area contributed by atoms with Gasteiger partial charge in [0.15, 0.2) is 0 Å². The van der Waals surface area contributed by atoms with Gasteiger partial charge >= 0.3 is 6.03 Å². The lowest BCUT2D eigenvalue weighted by Gasteiger charge is -2.38. The quantitative estimate of drug-likeness (QED) is 0.533. The summed E-state index contributed by atoms with van der Waals surface area (Å²) < 4.78 is 25.2. The van der Waals surface area contributed by atoms with Gasteiger partial charge in [-0.1, -0.05) is 12.1 Å². The number of methoxy groups -OCH3 is 1. The van der Waals surface area contributed by atoms with Gasteiger partial charge in [0.25, 0.3) is 0 Å². The van der Waals surface area contributed by atoms with E-state index in [1.54, 1.807) is 19.2 Å². The molecule has 1 aliphatic rings. The van der Waals surface area contributed by atoms with Crippen molar-refractivity contribution < 1.29 is 18.7 Å². The normalized spacial score (nSPS) is 19.0. The van der Waals surface area contributed by atoms with Crippen molar-refractivity contribution in [2.24, 2.45) is 5.92 Å². The van der Waals surface area contributed by atoms with Crippen molar-refractivity contribution in [3.8, 4) is 0 Å². The van der Waals surface area contributed by atoms with E-state index in [1.807, 2.05) is 31.9 Å². The third kappa shape index (κ3) is 7.85. The Balaban J connectivity index is 2.04. The zero-order valence-corrected chi connectivity index (χ0v) is 18.8. The molecule has 1 aliphatic heterocycles. The molecule has 7 heteroatoms. The maximum absolute atomic E-state index is 13.8. The highest BCUT2D eigenvalue weighted by Crippen LogP contribution is 2.34. The van der Waals surface area contributed by atoms with Gasteiger partial charge in [-0.3, -0.25) is 0 Å². The third-order valence-corrected chi connectivity index (χ3v) is 5.45. The van der Waals surface area contributed by atoms with Crippen molar-refractivity contribution in [3.63, 3.8) is 0 Å². The first-order chi connectivity index (χ1) is 14.4. The summed E-state index contributed by atoms with van der Waals surface area (Å²) in [4.78, 5) is 14.8. The molecule has 1 aromatic carbocycles. The van der Waals surface area contributed by atoms with Gasteiger partial charge in [-0.05, 0) is 64.3 Å². The van der Waals surface area contributed by atoms with Crippen molar-refractivity contribution in [1.29, 1.82) is 0 Å². The Morgan fingerprint density at radius 3 is 2.83 bits per heavy atom. The van der Waals surface area contributed by atoms with Crippen molar-refractivity contribution >= 4 is 6.03 Å². The monoisotopic (exact) mass is 423 g/mol. The summed E-state index contributed by atoms with van der Waals surface area (Å²) in [6, 6.07) is 6.64. The molecule has 0 aromatic heterocycles. The Hall–Kier alpha value is -1.70. The standard InChI is InChI=1S/C23H38FN3O3/c1-17(2)30-22(18-8-5-10-20(24)14-18)19-9-6-12-27(16-19)23(28)26-21(15-25-3)11-7-13-29-4/h5,8,10,14,17,19,21-22,25H,6-7,9,11-13,15-16H2,1-4H3,(H,26,28). The highest BCUT2D eigenvalue weighted by molar-refractivity contribution is 5.74. The van der Waals surface area contributed by atoms with Crippen molar-refractivity contribution in [3.05, 3.63) is 35.6 Å². The van der Waals surface area contributed by atoms with Gasteiger partial charge in [-0.2, -0.15) is 0 Å². The predicted molar refractivity (Wildman–Crippen MR) is 117 cm³/mol. The van der Waals surface area contributed by atoms with E-state index in [0.717, 1.165) is 44.3 Å². The fourth-order valence-corrected chi connectivity index (χ4v) is 4.09. The molecule has 0 aliphatic carbocycles. The Morgan fingerprint density at radius 1 is 1.37 bits per heavy atom. The molecule has 0 bridgehead atoms. The smallest absolute Gasteiger partial charge is 0.317 e. The molecular weight excluding hydrogens is 385 g/mol. The number of amides is 2. The van der Waals surface area contributed by atoms with Crippen molar-refractivity contribution in [2.75, 3.05) is 40.4 Å². The van der Waals surface area contributed by atoms with E-state index in [-0.39, 0.29) is 36.0 Å². The molecule has 170 valence electrons. The molecule has 2 rings (SSSR count). The molecule has 30 heavy (non-hydrogen) atoms. The third-order valence-electron chi connectivity index (χ3n) is 5.45. The topological polar surface area (TPSA) is 62.8 Å². The van der Waals surface area contributed by atoms with Gasteiger partial charge in [0.2, 0.25) is 0 Å². The van der Waals surface area contributed by atoms with Crippen LogP contribution >= 0.6 is 0 Å². The van der Waals surface area contributed by atoms with Crippen LogP contribution in [0.15, 0.2) is 24.3 Å². The number of likely N-dealkylation sites (tertiary alicyclic amines) is 1. The molecule has 1 aromatic rings. The summed E-state index contributed by atoms with van der Waals surface area (Å²) in [5, 5.41) is 6.31. The largest absolute Gasteiger partial charge is 0.385 e. The molecule has 3 unspecified atom stereocenters. The van der Waals surface area contributed by atoms with Crippen LogP contribution < -0.4 is 10.6 Å². The number of urea groups is 1. The molecule has 6 nitrogen and oxygen atoms in total. The lowest BCUT2D eigenvalue weighted by atomic mass is 9.88. The number of hydrogen-bond donors (Lipinski definition) is 2. The first-order valence-corrected chi connectivity index (χ1v) is 11.0. The number of ether oxygens (including phenoxy) is 2. The highest BCUT2D eigenvalue weighted by atomic mass is 19.1. The molecule has 1 heterocycles. The van der Waals surface area contributed by atoms with E-state index >= 15 is 0 Å². The van der Waals surface area contributed by atoms with Gasteiger partial charge in [-0.15, -0.1) is 0 Å². The maximum atomic E-state index is 13.8. The summed E-state index contributed by atoms with van der Waals surface area (Å²) in [7, 11) is 3.58. The minimum absolute atomic E-state index is 0.0169. The number of piperidine rings is 1. The van der Waals surface area contributed by atoms with Gasteiger partial charge in [0.1, 0.15) is 5.82 Å². The number of nitrogens with one attached hydrogen (secondary N) is 2. The number of benzene rings is 1. The summed E-state index contributed by atoms with van der Waals surface area (Å²) in [6.45, 7) is 6.71. The second kappa shape index (κ2) is 12.9. The van der Waals surface area contributed by atoms with Crippen LogP contribution in [0.4, 0.5) is 9.18 Å². The lowest BCUT2D eigenvalue weighted by Crippen LogP contribution is -2.51. The minimum atomic E-state index is -0.263. The molecule has 1 fully saturated rings. The number of carbonyl (C=O) groups excluding carboxylic acids is 1. The number of nitrogens with zero attached hydrogens (tertiary/aromatic N) is 1. The van der Waals surface area contributed by atoms with E-state index in [2.05, 4.69) is 10.6 Å². The maximum Gasteiger partial charge on any atom is 0.317 e. The molecule has 1 saturated heterocycles. The first kappa shape index (κ1) is 24.6. The number of halogens is 1. The van der Waals surface area contributed by atoms with E-state index in [9.17, 15) is 9.18 Å². The van der Waals surface area contributed by atoms with E-state index < -0.39 is 0 Å². The van der Waals surface area contributed by atoms with E-state index in [4.69, 9.17) is 9.47 Å². The summed E-state index contributed by atoms with van der Waals surface area (Å²) >= 11 is 0. The summed E-state index contributed by atoms with van der Waals surface area (Å²) in [6.07, 6.45) is 3.40. The van der Waals surface area contributed by atoms with Crippen LogP contribution in [-0.2, 0) is 9.47 Å². The van der Waals surface area contributed by atoms with Crippen LogP contribution in [0.1, 0.15) is 51.2 Å². The van der Waals surface area contributed by atoms with Gasteiger partial charge in [-0.25, -0.2) is 9.18 Å². The first-order valence-electron chi connectivity index (χ1n) is 11.0. The second-order valence-electron chi connectivity index (χ2n) is 8.35. The van der Waals surface area contributed by atoms with Crippen LogP contribution in [0.2, 0.25) is 0 Å². The van der Waals surface area contributed by atoms with Gasteiger partial charge < -0.3 is 25.0 Å². The Morgan fingerprint density at radius 2 is 2.17 bits per heavy atom. The number of hydrogen-bond acceptors (Lipinski definition) is 4. The zero-order chi connectivity index (χ0) is 21.9. The molecule has 2 N–H and O–H groups in total. The second-order valence-corrected chi connectivity index (χ2v) is 8.35. The van der Waals surface area contributed by atoms with Gasteiger partial charge in [0.05, 0.1) is 12.2 Å². The van der Waals surface area contributed by atoms with Gasteiger partial charge in [0, 0.05) is 45.3 Å². The van der Waals surface area contributed by atoms with Crippen LogP contribution in [0, 0.1) is 11.7 Å².